The summed E-state index contributed by atoms with van der Waals surface area (Å²) in [4.78, 5) is 26.2. The molecule has 1 unspecified atom stereocenters. The summed E-state index contributed by atoms with van der Waals surface area (Å²) >= 11 is 1.35. The van der Waals surface area contributed by atoms with Gasteiger partial charge in [-0.05, 0) is 32.6 Å². The fourth-order valence-electron chi connectivity index (χ4n) is 3.58. The van der Waals surface area contributed by atoms with Gasteiger partial charge >= 0.3 is 0 Å². The Morgan fingerprint density at radius 2 is 1.97 bits per heavy atom. The summed E-state index contributed by atoms with van der Waals surface area (Å²) in [5, 5.41) is 2.60. The average molecular weight is 449 g/mol. The Labute approximate surface area is 179 Å². The van der Waals surface area contributed by atoms with Crippen LogP contribution in [0.3, 0.4) is 0 Å². The summed E-state index contributed by atoms with van der Waals surface area (Å²) in [6.45, 7) is 1.72. The molecule has 30 heavy (non-hydrogen) atoms. The van der Waals surface area contributed by atoms with Gasteiger partial charge in [-0.3, -0.25) is 9.36 Å². The van der Waals surface area contributed by atoms with Gasteiger partial charge in [0.25, 0.3) is 0 Å². The van der Waals surface area contributed by atoms with E-state index in [2.05, 4.69) is 28.9 Å². The molecule has 4 heterocycles. The molecule has 9 nitrogen and oxygen atoms in total. The van der Waals surface area contributed by atoms with E-state index in [9.17, 15) is 13.2 Å². The summed E-state index contributed by atoms with van der Waals surface area (Å²) in [5.41, 5.74) is -0.156. The van der Waals surface area contributed by atoms with E-state index < -0.39 is 15.5 Å². The molecular weight excluding hydrogens is 424 g/mol. The summed E-state index contributed by atoms with van der Waals surface area (Å²) in [6, 6.07) is 3.90. The Morgan fingerprint density at radius 1 is 1.20 bits per heavy atom. The maximum atomic E-state index is 13.1. The van der Waals surface area contributed by atoms with E-state index in [1.165, 1.54) is 31.6 Å². The molecule has 0 spiro atoms. The first-order valence-corrected chi connectivity index (χ1v) is 11.8. The van der Waals surface area contributed by atoms with Crippen molar-refractivity contribution in [2.24, 2.45) is 0 Å². The first kappa shape index (κ1) is 20.9. The highest BCUT2D eigenvalue weighted by atomic mass is 32.2. The third kappa shape index (κ3) is 3.51. The van der Waals surface area contributed by atoms with Crippen molar-refractivity contribution in [2.45, 2.75) is 17.4 Å². The molecule has 0 amide bonds. The van der Waals surface area contributed by atoms with E-state index in [0.29, 0.717) is 16.8 Å². The molecule has 11 heteroatoms. The number of pyridine rings is 2. The van der Waals surface area contributed by atoms with Crippen LogP contribution in [-0.4, -0.2) is 79.5 Å². The molecule has 1 aliphatic rings. The Kier molecular flexibility index (Phi) is 5.39. The molecule has 0 aromatic carbocycles. The zero-order valence-electron chi connectivity index (χ0n) is 17.3. The van der Waals surface area contributed by atoms with Gasteiger partial charge in [-0.1, -0.05) is 0 Å². The minimum Gasteiger partial charge on any atom is -0.355 e. The number of thiazole rings is 1. The lowest BCUT2D eigenvalue weighted by Crippen LogP contribution is -2.32. The van der Waals surface area contributed by atoms with E-state index in [-0.39, 0.29) is 10.3 Å². The van der Waals surface area contributed by atoms with Gasteiger partial charge in [-0.2, -0.15) is 0 Å². The highest BCUT2D eigenvalue weighted by Crippen LogP contribution is 2.25. The molecule has 1 fully saturated rings. The van der Waals surface area contributed by atoms with Gasteiger partial charge in [-0.15, -0.1) is 11.3 Å². The lowest BCUT2D eigenvalue weighted by atomic mass is 10.2. The summed E-state index contributed by atoms with van der Waals surface area (Å²) < 4.78 is 28.1. The molecule has 1 saturated heterocycles. The van der Waals surface area contributed by atoms with Gasteiger partial charge < -0.3 is 9.80 Å². The van der Waals surface area contributed by atoms with Crippen LogP contribution in [0.15, 0.2) is 39.6 Å². The van der Waals surface area contributed by atoms with Crippen molar-refractivity contribution in [3.05, 3.63) is 40.1 Å². The van der Waals surface area contributed by atoms with Crippen LogP contribution in [-0.2, 0) is 10.0 Å². The fourth-order valence-corrected chi connectivity index (χ4v) is 5.17. The largest absolute Gasteiger partial charge is 0.355 e. The minimum absolute atomic E-state index is 0.250. The molecule has 0 saturated carbocycles. The first-order valence-electron chi connectivity index (χ1n) is 9.50. The SMILES string of the molecule is CN(C)C1CCN(c2ccc3c(=O)c(S(=O)(=O)N(C)C)cn(-c4nccs4)c3n2)C1. The molecule has 4 rings (SSSR count). The molecule has 0 bridgehead atoms. The monoisotopic (exact) mass is 448 g/mol. The number of hydrogen-bond donors (Lipinski definition) is 0. The maximum absolute atomic E-state index is 13.1. The third-order valence-electron chi connectivity index (χ3n) is 5.41. The zero-order chi connectivity index (χ0) is 21.6. The molecule has 3 aromatic heterocycles. The van der Waals surface area contributed by atoms with E-state index in [1.807, 2.05) is 0 Å². The van der Waals surface area contributed by atoms with Crippen molar-refractivity contribution >= 4 is 38.2 Å². The van der Waals surface area contributed by atoms with Crippen molar-refractivity contribution in [3.63, 3.8) is 0 Å². The second-order valence-electron chi connectivity index (χ2n) is 7.69. The zero-order valence-corrected chi connectivity index (χ0v) is 18.9. The standard InChI is InChI=1S/C19H24N6O3S2/c1-22(2)13-7-9-24(11-13)16-6-5-14-17(26)15(30(27,28)23(3)4)12-25(18(14)21-16)19-20-8-10-29-19/h5-6,8,10,12-13H,7,9,11H2,1-4H3. The number of likely N-dealkylation sites (N-methyl/N-ethyl adjacent to an activating group) is 1. The number of nitrogens with zero attached hydrogens (tertiary/aromatic N) is 6. The molecule has 3 aromatic rings. The van der Waals surface area contributed by atoms with Gasteiger partial charge in [0.05, 0.1) is 5.39 Å². The van der Waals surface area contributed by atoms with Gasteiger partial charge in [0, 0.05) is 51.0 Å². The second-order valence-corrected chi connectivity index (χ2v) is 10.7. The normalized spacial score (nSPS) is 17.5. The first-order chi connectivity index (χ1) is 14.2. The van der Waals surface area contributed by atoms with E-state index in [1.54, 1.807) is 28.3 Å². The number of sulfonamides is 1. The molecule has 0 aliphatic carbocycles. The Morgan fingerprint density at radius 3 is 2.57 bits per heavy atom. The predicted molar refractivity (Wildman–Crippen MR) is 118 cm³/mol. The minimum atomic E-state index is -3.92. The van der Waals surface area contributed by atoms with Gasteiger partial charge in [-0.25, -0.2) is 22.7 Å². The Balaban J connectivity index is 1.92. The smallest absolute Gasteiger partial charge is 0.247 e. The average Bonchev–Trinajstić information content (AvgIpc) is 3.40. The molecule has 160 valence electrons. The van der Waals surface area contributed by atoms with Gasteiger partial charge in [0.2, 0.25) is 15.5 Å². The van der Waals surface area contributed by atoms with Crippen LogP contribution in [0.25, 0.3) is 16.2 Å². The van der Waals surface area contributed by atoms with Crippen LogP contribution < -0.4 is 10.3 Å². The number of fused-ring (bicyclic) bond motifs is 1. The van der Waals surface area contributed by atoms with Crippen molar-refractivity contribution in [3.8, 4) is 5.13 Å². The quantitative estimate of drug-likeness (QED) is 0.580. The van der Waals surface area contributed by atoms with E-state index >= 15 is 0 Å². The summed E-state index contributed by atoms with van der Waals surface area (Å²) in [7, 11) is 3.02. The topological polar surface area (TPSA) is 91.6 Å². The van der Waals surface area contributed by atoms with Crippen LogP contribution in [0.4, 0.5) is 5.82 Å². The lowest BCUT2D eigenvalue weighted by Gasteiger charge is -2.21. The van der Waals surface area contributed by atoms with Crippen molar-refractivity contribution in [1.82, 2.24) is 23.7 Å². The number of hydrogen-bond acceptors (Lipinski definition) is 8. The summed E-state index contributed by atoms with van der Waals surface area (Å²) in [5.74, 6) is 0.764. The van der Waals surface area contributed by atoms with Crippen LogP contribution >= 0.6 is 11.3 Å². The number of rotatable bonds is 5. The number of anilines is 1. The molecule has 0 radical (unpaired) electrons. The highest BCUT2D eigenvalue weighted by molar-refractivity contribution is 7.89. The van der Waals surface area contributed by atoms with Crippen molar-refractivity contribution in [2.75, 3.05) is 46.2 Å². The second kappa shape index (κ2) is 7.73. The van der Waals surface area contributed by atoms with Crippen LogP contribution in [0, 0.1) is 0 Å². The van der Waals surface area contributed by atoms with Gasteiger partial charge in [0.1, 0.15) is 10.7 Å². The van der Waals surface area contributed by atoms with Crippen LogP contribution in [0.2, 0.25) is 0 Å². The van der Waals surface area contributed by atoms with Gasteiger partial charge in [0.15, 0.2) is 10.8 Å². The Hall–Kier alpha value is -2.34. The predicted octanol–water partition coefficient (Wildman–Crippen LogP) is 1.23. The van der Waals surface area contributed by atoms with Crippen LogP contribution in [0.5, 0.6) is 0 Å². The van der Waals surface area contributed by atoms with Crippen molar-refractivity contribution in [1.29, 1.82) is 0 Å². The lowest BCUT2D eigenvalue weighted by molar-refractivity contribution is 0.315. The molecule has 1 aliphatic heterocycles. The molecular formula is C19H24N6O3S2. The maximum Gasteiger partial charge on any atom is 0.247 e. The van der Waals surface area contributed by atoms with Crippen molar-refractivity contribution < 1.29 is 8.42 Å². The fraction of sp³-hybridized carbons (Fsp3) is 0.421. The van der Waals surface area contributed by atoms with E-state index in [4.69, 9.17) is 4.98 Å². The summed E-state index contributed by atoms with van der Waals surface area (Å²) in [6.07, 6.45) is 4.00. The van der Waals surface area contributed by atoms with E-state index in [0.717, 1.165) is 29.6 Å². The third-order valence-corrected chi connectivity index (χ3v) is 7.98. The molecule has 1 atom stereocenters. The highest BCUT2D eigenvalue weighted by Gasteiger charge is 2.28. The Bertz CT molecular complexity index is 1240. The number of aromatic nitrogens is 3. The van der Waals surface area contributed by atoms with Crippen LogP contribution in [0.1, 0.15) is 6.42 Å². The molecule has 0 N–H and O–H groups in total.